The van der Waals surface area contributed by atoms with E-state index in [4.69, 9.17) is 9.47 Å². The molecule has 0 bridgehead atoms. The molecule has 0 spiro atoms. The summed E-state index contributed by atoms with van der Waals surface area (Å²) in [5.41, 5.74) is -0.198. The van der Waals surface area contributed by atoms with Gasteiger partial charge < -0.3 is 9.47 Å². The Bertz CT molecular complexity index is 202. The lowest BCUT2D eigenvalue weighted by molar-refractivity contribution is -0.153. The van der Waals surface area contributed by atoms with Gasteiger partial charge in [0.2, 0.25) is 0 Å². The minimum atomic E-state index is -0.198. The summed E-state index contributed by atoms with van der Waals surface area (Å²) >= 11 is 0. The molecule has 13 heavy (non-hydrogen) atoms. The summed E-state index contributed by atoms with van der Waals surface area (Å²) in [6.45, 7) is 0.832. The Morgan fingerprint density at radius 3 is 2.62 bits per heavy atom. The smallest absolute Gasteiger partial charge is 0.311 e. The molecule has 1 aliphatic heterocycles. The average molecular weight is 184 g/mol. The van der Waals surface area contributed by atoms with Crippen molar-refractivity contribution in [3.8, 4) is 0 Å². The van der Waals surface area contributed by atoms with E-state index in [9.17, 15) is 4.79 Å². The molecule has 1 aliphatic carbocycles. The summed E-state index contributed by atoms with van der Waals surface area (Å²) in [4.78, 5) is 11.6. The average Bonchev–Trinajstić information content (AvgIpc) is 2.81. The molecule has 0 radical (unpaired) electrons. The number of carbonyl (C=O) groups is 1. The van der Waals surface area contributed by atoms with E-state index in [1.54, 1.807) is 0 Å². The Labute approximate surface area is 78.4 Å². The van der Waals surface area contributed by atoms with Crippen LogP contribution in [0.2, 0.25) is 0 Å². The monoisotopic (exact) mass is 184 g/mol. The Balaban J connectivity index is 2.03. The SMILES string of the molecule is COC(=O)C1(CC2CO2)CCCC1. The summed E-state index contributed by atoms with van der Waals surface area (Å²) in [6.07, 6.45) is 5.49. The zero-order valence-corrected chi connectivity index (χ0v) is 8.04. The number of carbonyl (C=O) groups excluding carboxylic acids is 1. The standard InChI is InChI=1S/C10H16O3/c1-12-9(11)10(4-2-3-5-10)6-8-7-13-8/h8H,2-7H2,1H3. The van der Waals surface area contributed by atoms with Crippen molar-refractivity contribution in [2.24, 2.45) is 5.41 Å². The van der Waals surface area contributed by atoms with Crippen molar-refractivity contribution < 1.29 is 14.3 Å². The minimum absolute atomic E-state index is 0.0273. The highest BCUT2D eigenvalue weighted by molar-refractivity contribution is 5.77. The molecule has 0 aromatic heterocycles. The van der Waals surface area contributed by atoms with E-state index in [1.165, 1.54) is 7.11 Å². The van der Waals surface area contributed by atoms with Crippen LogP contribution in [0.3, 0.4) is 0 Å². The van der Waals surface area contributed by atoms with Crippen LogP contribution >= 0.6 is 0 Å². The van der Waals surface area contributed by atoms with E-state index in [1.807, 2.05) is 0 Å². The molecule has 2 fully saturated rings. The van der Waals surface area contributed by atoms with Crippen molar-refractivity contribution in [2.75, 3.05) is 13.7 Å². The quantitative estimate of drug-likeness (QED) is 0.493. The lowest BCUT2D eigenvalue weighted by Crippen LogP contribution is -2.30. The summed E-state index contributed by atoms with van der Waals surface area (Å²) < 4.78 is 10.1. The number of hydrogen-bond donors (Lipinski definition) is 0. The van der Waals surface area contributed by atoms with Crippen molar-refractivity contribution in [3.05, 3.63) is 0 Å². The number of epoxide rings is 1. The van der Waals surface area contributed by atoms with E-state index in [0.29, 0.717) is 6.10 Å². The molecule has 0 amide bonds. The first-order valence-corrected chi connectivity index (χ1v) is 4.97. The van der Waals surface area contributed by atoms with Crippen LogP contribution in [0.1, 0.15) is 32.1 Å². The van der Waals surface area contributed by atoms with Crippen LogP contribution in [0, 0.1) is 5.41 Å². The highest BCUT2D eigenvalue weighted by Crippen LogP contribution is 2.45. The van der Waals surface area contributed by atoms with Gasteiger partial charge in [0, 0.05) is 0 Å². The van der Waals surface area contributed by atoms with Crippen LogP contribution in [0.4, 0.5) is 0 Å². The topological polar surface area (TPSA) is 38.8 Å². The zero-order chi connectivity index (χ0) is 9.31. The van der Waals surface area contributed by atoms with Crippen LogP contribution in [0.25, 0.3) is 0 Å². The largest absolute Gasteiger partial charge is 0.469 e. The molecule has 1 atom stereocenters. The molecule has 3 nitrogen and oxygen atoms in total. The van der Waals surface area contributed by atoms with E-state index in [0.717, 1.165) is 38.7 Å². The van der Waals surface area contributed by atoms with Crippen molar-refractivity contribution >= 4 is 5.97 Å². The minimum Gasteiger partial charge on any atom is -0.469 e. The summed E-state index contributed by atoms with van der Waals surface area (Å²) in [5.74, 6) is -0.0273. The number of methoxy groups -OCH3 is 1. The fourth-order valence-corrected chi connectivity index (χ4v) is 2.38. The van der Waals surface area contributed by atoms with Gasteiger partial charge in [-0.2, -0.15) is 0 Å². The third-order valence-electron chi connectivity index (χ3n) is 3.20. The van der Waals surface area contributed by atoms with Crippen molar-refractivity contribution in [1.82, 2.24) is 0 Å². The summed E-state index contributed by atoms with van der Waals surface area (Å²) in [6, 6.07) is 0. The van der Waals surface area contributed by atoms with E-state index < -0.39 is 0 Å². The van der Waals surface area contributed by atoms with Gasteiger partial charge in [-0.1, -0.05) is 12.8 Å². The Hall–Kier alpha value is -0.570. The third kappa shape index (κ3) is 1.70. The van der Waals surface area contributed by atoms with Gasteiger partial charge in [0.1, 0.15) is 0 Å². The van der Waals surface area contributed by atoms with Crippen molar-refractivity contribution in [1.29, 1.82) is 0 Å². The molecule has 0 aromatic carbocycles. The lowest BCUT2D eigenvalue weighted by atomic mass is 9.81. The molecule has 1 unspecified atom stereocenters. The van der Waals surface area contributed by atoms with Gasteiger partial charge in [0.15, 0.2) is 0 Å². The second-order valence-electron chi connectivity index (χ2n) is 4.14. The molecule has 1 heterocycles. The predicted molar refractivity (Wildman–Crippen MR) is 47.3 cm³/mol. The first-order valence-electron chi connectivity index (χ1n) is 4.97. The first kappa shape index (κ1) is 9.00. The van der Waals surface area contributed by atoms with Crippen LogP contribution in [-0.4, -0.2) is 25.8 Å². The van der Waals surface area contributed by atoms with Crippen LogP contribution in [-0.2, 0) is 14.3 Å². The highest BCUT2D eigenvalue weighted by Gasteiger charge is 2.46. The van der Waals surface area contributed by atoms with Gasteiger partial charge in [-0.05, 0) is 19.3 Å². The number of ether oxygens (including phenoxy) is 2. The van der Waals surface area contributed by atoms with Gasteiger partial charge in [-0.3, -0.25) is 4.79 Å². The fraction of sp³-hybridized carbons (Fsp3) is 0.900. The van der Waals surface area contributed by atoms with Gasteiger partial charge in [0.25, 0.3) is 0 Å². The molecule has 3 heteroatoms. The van der Waals surface area contributed by atoms with Gasteiger partial charge >= 0.3 is 5.97 Å². The van der Waals surface area contributed by atoms with Crippen molar-refractivity contribution in [3.63, 3.8) is 0 Å². The van der Waals surface area contributed by atoms with Crippen LogP contribution in [0.15, 0.2) is 0 Å². The normalized spacial score (nSPS) is 30.1. The maximum atomic E-state index is 11.6. The van der Waals surface area contributed by atoms with Gasteiger partial charge in [0.05, 0.1) is 25.2 Å². The second-order valence-corrected chi connectivity index (χ2v) is 4.14. The maximum Gasteiger partial charge on any atom is 0.311 e. The Morgan fingerprint density at radius 1 is 1.54 bits per heavy atom. The van der Waals surface area contributed by atoms with Crippen molar-refractivity contribution in [2.45, 2.75) is 38.2 Å². The summed E-state index contributed by atoms with van der Waals surface area (Å²) in [7, 11) is 1.48. The summed E-state index contributed by atoms with van der Waals surface area (Å²) in [5, 5.41) is 0. The molecule has 1 saturated heterocycles. The lowest BCUT2D eigenvalue weighted by Gasteiger charge is -2.24. The zero-order valence-electron chi connectivity index (χ0n) is 8.04. The fourth-order valence-electron chi connectivity index (χ4n) is 2.38. The molecule has 1 saturated carbocycles. The number of esters is 1. The van der Waals surface area contributed by atoms with E-state index in [-0.39, 0.29) is 11.4 Å². The number of hydrogen-bond acceptors (Lipinski definition) is 3. The third-order valence-corrected chi connectivity index (χ3v) is 3.20. The maximum absolute atomic E-state index is 11.6. The molecule has 2 aliphatic rings. The van der Waals surface area contributed by atoms with E-state index in [2.05, 4.69) is 0 Å². The first-order chi connectivity index (χ1) is 6.27. The molecule has 74 valence electrons. The van der Waals surface area contributed by atoms with Gasteiger partial charge in [-0.15, -0.1) is 0 Å². The Morgan fingerprint density at radius 2 is 2.15 bits per heavy atom. The number of rotatable bonds is 3. The van der Waals surface area contributed by atoms with Gasteiger partial charge in [-0.25, -0.2) is 0 Å². The molecular weight excluding hydrogens is 168 g/mol. The van der Waals surface area contributed by atoms with Crippen LogP contribution < -0.4 is 0 Å². The molecule has 0 aromatic rings. The highest BCUT2D eigenvalue weighted by atomic mass is 16.6. The predicted octanol–water partition coefficient (Wildman–Crippen LogP) is 1.51. The molecular formula is C10H16O3. The Kier molecular flexibility index (Phi) is 2.28. The molecule has 0 N–H and O–H groups in total. The molecule has 2 rings (SSSR count). The van der Waals surface area contributed by atoms with E-state index >= 15 is 0 Å². The van der Waals surface area contributed by atoms with Crippen LogP contribution in [0.5, 0.6) is 0 Å². The second kappa shape index (κ2) is 3.29.